The topological polar surface area (TPSA) is 66.0 Å². The van der Waals surface area contributed by atoms with Crippen LogP contribution in [-0.4, -0.2) is 42.8 Å². The Bertz CT molecular complexity index is 1160. The van der Waals surface area contributed by atoms with E-state index in [0.717, 1.165) is 12.5 Å². The molecular weight excluding hydrogens is 523 g/mol. The van der Waals surface area contributed by atoms with Crippen LogP contribution >= 0.6 is 0 Å². The molecule has 1 saturated heterocycles. The van der Waals surface area contributed by atoms with E-state index < -0.39 is 34.8 Å². The van der Waals surface area contributed by atoms with Crippen molar-refractivity contribution >= 4 is 6.09 Å². The molecule has 1 amide bonds. The van der Waals surface area contributed by atoms with Gasteiger partial charge in [-0.1, -0.05) is 24.3 Å². The van der Waals surface area contributed by atoms with Crippen LogP contribution < -0.4 is 10.1 Å². The first kappa shape index (κ1) is 31.7. The van der Waals surface area contributed by atoms with Crippen LogP contribution in [0.2, 0.25) is 0 Å². The van der Waals surface area contributed by atoms with E-state index in [0.29, 0.717) is 12.0 Å². The Morgan fingerprint density at radius 1 is 1.02 bits per heavy atom. The summed E-state index contributed by atoms with van der Waals surface area (Å²) < 4.78 is 64.6. The Balaban J connectivity index is 1.69. The average molecular weight is 566 g/mol. The smallest absolute Gasteiger partial charge is 0.419 e. The van der Waals surface area contributed by atoms with Crippen LogP contribution in [0.4, 0.5) is 18.0 Å². The van der Waals surface area contributed by atoms with Gasteiger partial charge < -0.3 is 24.3 Å². The van der Waals surface area contributed by atoms with Crippen molar-refractivity contribution in [2.24, 2.45) is 0 Å². The van der Waals surface area contributed by atoms with Crippen LogP contribution in [-0.2, 0) is 33.2 Å². The second-order valence-electron chi connectivity index (χ2n) is 12.0. The summed E-state index contributed by atoms with van der Waals surface area (Å²) in [6.45, 7) is 13.3. The predicted octanol–water partition coefficient (Wildman–Crippen LogP) is 7.31. The minimum absolute atomic E-state index is 0.132. The quantitative estimate of drug-likeness (QED) is 0.323. The molecule has 0 aromatic heterocycles. The molecule has 3 rings (SSSR count). The van der Waals surface area contributed by atoms with Gasteiger partial charge in [0.1, 0.15) is 11.4 Å². The van der Waals surface area contributed by atoms with Crippen molar-refractivity contribution < 1.29 is 36.9 Å². The summed E-state index contributed by atoms with van der Waals surface area (Å²) >= 11 is 0. The van der Waals surface area contributed by atoms with Crippen LogP contribution in [0.5, 0.6) is 5.75 Å². The van der Waals surface area contributed by atoms with Gasteiger partial charge in [0.25, 0.3) is 0 Å². The van der Waals surface area contributed by atoms with Crippen molar-refractivity contribution in [1.82, 2.24) is 5.32 Å². The first-order chi connectivity index (χ1) is 18.5. The Morgan fingerprint density at radius 2 is 1.70 bits per heavy atom. The number of alkyl halides is 3. The van der Waals surface area contributed by atoms with E-state index in [1.165, 1.54) is 22.8 Å². The summed E-state index contributed by atoms with van der Waals surface area (Å²) in [6, 6.07) is 10.2. The second kappa shape index (κ2) is 12.4. The molecule has 2 aromatic carbocycles. The highest BCUT2D eigenvalue weighted by Crippen LogP contribution is 2.38. The summed E-state index contributed by atoms with van der Waals surface area (Å²) in [4.78, 5) is 12.6. The number of halogens is 3. The maximum atomic E-state index is 14.0. The fraction of sp³-hybridized carbons (Fsp3) is 0.581. The normalized spacial score (nSPS) is 16.9. The van der Waals surface area contributed by atoms with E-state index in [2.05, 4.69) is 5.32 Å². The fourth-order valence-corrected chi connectivity index (χ4v) is 4.50. The van der Waals surface area contributed by atoms with E-state index in [1.807, 2.05) is 32.0 Å². The van der Waals surface area contributed by atoms with Gasteiger partial charge in [0.15, 0.2) is 5.79 Å². The highest BCUT2D eigenvalue weighted by Gasteiger charge is 2.42. The van der Waals surface area contributed by atoms with Crippen LogP contribution in [0.15, 0.2) is 36.4 Å². The summed E-state index contributed by atoms with van der Waals surface area (Å²) in [5.41, 5.74) is 1.53. The van der Waals surface area contributed by atoms with Gasteiger partial charge in [0.05, 0.1) is 30.9 Å². The minimum Gasteiger partial charge on any atom is -0.493 e. The number of nitrogens with one attached hydrogen (secondary N) is 1. The van der Waals surface area contributed by atoms with Gasteiger partial charge in [-0.25, -0.2) is 4.79 Å². The summed E-state index contributed by atoms with van der Waals surface area (Å²) in [5.74, 6) is -1.02. The Morgan fingerprint density at radius 3 is 2.33 bits per heavy atom. The highest BCUT2D eigenvalue weighted by molar-refractivity contribution is 5.69. The SMILES string of the molecule is Cc1cccc(CCCOc2ccc(CCC3(NC(=O)OC(C)(C)C)COC(C)(C)OC3)cc2C(F)(F)F)c1C. The predicted molar refractivity (Wildman–Crippen MR) is 148 cm³/mol. The van der Waals surface area contributed by atoms with Gasteiger partial charge in [0, 0.05) is 0 Å². The molecule has 0 saturated carbocycles. The molecule has 0 unspecified atom stereocenters. The molecule has 2 aromatic rings. The molecule has 0 atom stereocenters. The van der Waals surface area contributed by atoms with Gasteiger partial charge in [-0.3, -0.25) is 0 Å². The molecule has 6 nitrogen and oxygen atoms in total. The number of amides is 1. The lowest BCUT2D eigenvalue weighted by Crippen LogP contribution is -2.61. The minimum atomic E-state index is -4.58. The third-order valence-electron chi connectivity index (χ3n) is 6.96. The molecule has 0 spiro atoms. The highest BCUT2D eigenvalue weighted by atomic mass is 19.4. The van der Waals surface area contributed by atoms with Crippen molar-refractivity contribution in [3.8, 4) is 5.75 Å². The molecule has 1 fully saturated rings. The second-order valence-corrected chi connectivity index (χ2v) is 12.0. The van der Waals surface area contributed by atoms with Crippen molar-refractivity contribution in [1.29, 1.82) is 0 Å². The molecule has 9 heteroatoms. The standard InChI is InChI=1S/C31H42F3NO5/c1-21-10-8-11-24(22(21)2)12-9-17-37-26-14-13-23(18-25(26)31(32,33)34)15-16-30(19-38-29(6,7)39-20-30)35-27(36)40-28(3,4)5/h8,10-11,13-14,18H,9,12,15-17,19-20H2,1-7H3,(H,35,36). The van der Waals surface area contributed by atoms with Gasteiger partial charge in [0.2, 0.25) is 0 Å². The zero-order valence-electron chi connectivity index (χ0n) is 24.6. The summed E-state index contributed by atoms with van der Waals surface area (Å²) in [5, 5.41) is 2.85. The molecule has 1 heterocycles. The van der Waals surface area contributed by atoms with E-state index >= 15 is 0 Å². The van der Waals surface area contributed by atoms with Crippen LogP contribution in [0.3, 0.4) is 0 Å². The first-order valence-corrected chi connectivity index (χ1v) is 13.7. The zero-order chi connectivity index (χ0) is 29.8. The fourth-order valence-electron chi connectivity index (χ4n) is 4.50. The van der Waals surface area contributed by atoms with Crippen molar-refractivity contribution in [2.75, 3.05) is 19.8 Å². The Labute approximate surface area is 235 Å². The van der Waals surface area contributed by atoms with Gasteiger partial charge >= 0.3 is 12.3 Å². The third-order valence-corrected chi connectivity index (χ3v) is 6.96. The Kier molecular flexibility index (Phi) is 9.83. The van der Waals surface area contributed by atoms with E-state index in [4.69, 9.17) is 18.9 Å². The lowest BCUT2D eigenvalue weighted by molar-refractivity contribution is -0.271. The molecule has 40 heavy (non-hydrogen) atoms. The van der Waals surface area contributed by atoms with Gasteiger partial charge in [-0.2, -0.15) is 13.2 Å². The lowest BCUT2D eigenvalue weighted by Gasteiger charge is -2.44. The molecule has 1 N–H and O–H groups in total. The molecule has 0 radical (unpaired) electrons. The van der Waals surface area contributed by atoms with Crippen LogP contribution in [0.1, 0.15) is 75.3 Å². The number of benzene rings is 2. The third kappa shape index (κ3) is 9.13. The molecule has 1 aliphatic rings. The number of aryl methyl sites for hydroxylation is 3. The number of hydrogen-bond acceptors (Lipinski definition) is 5. The van der Waals surface area contributed by atoms with Gasteiger partial charge in [-0.05, 0) is 109 Å². The van der Waals surface area contributed by atoms with Crippen LogP contribution in [0, 0.1) is 13.8 Å². The molecular formula is C31H42F3NO5. The number of ether oxygens (including phenoxy) is 4. The van der Waals surface area contributed by atoms with Crippen molar-refractivity contribution in [3.05, 3.63) is 64.2 Å². The number of carbonyl (C=O) groups is 1. The monoisotopic (exact) mass is 565 g/mol. The van der Waals surface area contributed by atoms with Crippen molar-refractivity contribution in [3.63, 3.8) is 0 Å². The van der Waals surface area contributed by atoms with Crippen molar-refractivity contribution in [2.45, 2.75) is 97.3 Å². The van der Waals surface area contributed by atoms with E-state index in [-0.39, 0.29) is 38.4 Å². The number of hydrogen-bond donors (Lipinski definition) is 1. The largest absolute Gasteiger partial charge is 0.493 e. The number of rotatable bonds is 9. The maximum absolute atomic E-state index is 14.0. The lowest BCUT2D eigenvalue weighted by atomic mass is 9.91. The molecule has 1 aliphatic heterocycles. The van der Waals surface area contributed by atoms with Crippen LogP contribution in [0.25, 0.3) is 0 Å². The van der Waals surface area contributed by atoms with E-state index in [9.17, 15) is 18.0 Å². The summed E-state index contributed by atoms with van der Waals surface area (Å²) in [6.07, 6.45) is -3.36. The number of alkyl carbamates (subject to hydrolysis) is 1. The molecule has 0 aliphatic carbocycles. The zero-order valence-corrected chi connectivity index (χ0v) is 24.6. The van der Waals surface area contributed by atoms with Gasteiger partial charge in [-0.15, -0.1) is 0 Å². The molecule has 0 bridgehead atoms. The first-order valence-electron chi connectivity index (χ1n) is 13.7. The van der Waals surface area contributed by atoms with E-state index in [1.54, 1.807) is 40.7 Å². The number of carbonyl (C=O) groups excluding carboxylic acids is 1. The maximum Gasteiger partial charge on any atom is 0.419 e. The molecule has 222 valence electrons. The Hall–Kier alpha value is -2.78. The summed E-state index contributed by atoms with van der Waals surface area (Å²) in [7, 11) is 0. The average Bonchev–Trinajstić information content (AvgIpc) is 2.83.